The molecule has 9 heteroatoms. The summed E-state index contributed by atoms with van der Waals surface area (Å²) in [6.07, 6.45) is 1.57. The number of thioether (sulfide) groups is 1. The van der Waals surface area contributed by atoms with E-state index in [1.807, 2.05) is 11.6 Å². The molecule has 2 aromatic heterocycles. The van der Waals surface area contributed by atoms with Crippen molar-refractivity contribution in [3.63, 3.8) is 0 Å². The van der Waals surface area contributed by atoms with Crippen molar-refractivity contribution in [1.82, 2.24) is 19.7 Å². The van der Waals surface area contributed by atoms with Gasteiger partial charge >= 0.3 is 0 Å². The van der Waals surface area contributed by atoms with Gasteiger partial charge in [-0.3, -0.25) is 0 Å². The molecule has 0 aliphatic carbocycles. The molecule has 166 valence electrons. The van der Waals surface area contributed by atoms with Crippen LogP contribution in [0.3, 0.4) is 0 Å². The summed E-state index contributed by atoms with van der Waals surface area (Å²) < 4.78 is 7.79. The molecule has 0 spiro atoms. The first-order valence-corrected chi connectivity index (χ1v) is 12.7. The van der Waals surface area contributed by atoms with Gasteiger partial charge in [0.15, 0.2) is 5.16 Å². The number of benzene rings is 2. The summed E-state index contributed by atoms with van der Waals surface area (Å²) in [7, 11) is 1.99. The maximum atomic E-state index is 6.14. The third kappa shape index (κ3) is 5.84. The fraction of sp³-hybridized carbons (Fsp3) is 0.261. The van der Waals surface area contributed by atoms with Gasteiger partial charge in [-0.15, -0.1) is 21.5 Å². The molecule has 5 nitrogen and oxygen atoms in total. The molecule has 0 saturated carbocycles. The molecule has 0 N–H and O–H groups in total. The number of rotatable bonds is 9. The van der Waals surface area contributed by atoms with Crippen LogP contribution in [0.25, 0.3) is 10.6 Å². The lowest BCUT2D eigenvalue weighted by molar-refractivity contribution is 0.309. The highest BCUT2D eigenvalue weighted by atomic mass is 35.5. The van der Waals surface area contributed by atoms with Gasteiger partial charge in [0.05, 0.1) is 17.3 Å². The highest BCUT2D eigenvalue weighted by molar-refractivity contribution is 7.98. The highest BCUT2D eigenvalue weighted by Gasteiger charge is 2.12. The van der Waals surface area contributed by atoms with E-state index in [2.05, 4.69) is 46.8 Å². The fourth-order valence-corrected chi connectivity index (χ4v) is 5.25. The van der Waals surface area contributed by atoms with Crippen molar-refractivity contribution >= 4 is 46.3 Å². The largest absolute Gasteiger partial charge is 0.492 e. The lowest BCUT2D eigenvalue weighted by atomic mass is 10.2. The minimum absolute atomic E-state index is 0.516. The Bertz CT molecular complexity index is 1190. The average molecular weight is 505 g/mol. The van der Waals surface area contributed by atoms with E-state index >= 15 is 0 Å². The smallest absolute Gasteiger partial charge is 0.191 e. The topological polar surface area (TPSA) is 52.8 Å². The summed E-state index contributed by atoms with van der Waals surface area (Å²) in [6, 6.07) is 13.7. The van der Waals surface area contributed by atoms with Crippen LogP contribution in [-0.2, 0) is 19.2 Å². The number of aromatic nitrogens is 4. The highest BCUT2D eigenvalue weighted by Crippen LogP contribution is 2.29. The van der Waals surface area contributed by atoms with Crippen molar-refractivity contribution in [1.29, 1.82) is 0 Å². The van der Waals surface area contributed by atoms with E-state index in [-0.39, 0.29) is 0 Å². The molecule has 2 heterocycles. The Labute approximate surface area is 205 Å². The number of halogens is 2. The van der Waals surface area contributed by atoms with Crippen LogP contribution in [0.5, 0.6) is 5.75 Å². The van der Waals surface area contributed by atoms with Crippen LogP contribution in [0, 0.1) is 6.92 Å². The number of hydrogen-bond acceptors (Lipinski definition) is 6. The van der Waals surface area contributed by atoms with Gasteiger partial charge in [0.25, 0.3) is 0 Å². The molecule has 0 atom stereocenters. The van der Waals surface area contributed by atoms with E-state index < -0.39 is 0 Å². The van der Waals surface area contributed by atoms with Crippen LogP contribution < -0.4 is 4.74 Å². The molecule has 0 saturated heterocycles. The molecule has 0 radical (unpaired) electrons. The van der Waals surface area contributed by atoms with Crippen molar-refractivity contribution in [2.24, 2.45) is 7.05 Å². The number of thiazole rings is 1. The Kier molecular flexibility index (Phi) is 7.73. The summed E-state index contributed by atoms with van der Waals surface area (Å²) in [5, 5.41) is 13.8. The van der Waals surface area contributed by atoms with Crippen LogP contribution in [0.15, 0.2) is 53.0 Å². The molecule has 32 heavy (non-hydrogen) atoms. The monoisotopic (exact) mass is 504 g/mol. The van der Waals surface area contributed by atoms with E-state index in [1.54, 1.807) is 41.3 Å². The molecular formula is C23H22Cl2N4OS2. The van der Waals surface area contributed by atoms with Crippen LogP contribution >= 0.6 is 46.3 Å². The second-order valence-corrected chi connectivity index (χ2v) is 9.93. The zero-order valence-corrected chi connectivity index (χ0v) is 20.9. The third-order valence-corrected chi connectivity index (χ3v) is 7.35. The van der Waals surface area contributed by atoms with Gasteiger partial charge in [0, 0.05) is 35.2 Å². The average Bonchev–Trinajstić information content (AvgIpc) is 3.38. The summed E-state index contributed by atoms with van der Waals surface area (Å²) in [5.74, 6) is 2.32. The number of hydrogen-bond donors (Lipinski definition) is 0. The second-order valence-electron chi connectivity index (χ2n) is 7.28. The van der Waals surface area contributed by atoms with E-state index in [4.69, 9.17) is 32.9 Å². The zero-order chi connectivity index (χ0) is 22.5. The predicted octanol–water partition coefficient (Wildman–Crippen LogP) is 6.86. The summed E-state index contributed by atoms with van der Waals surface area (Å²) >= 11 is 15.4. The molecule has 0 bridgehead atoms. The third-order valence-electron chi connectivity index (χ3n) is 4.82. The Morgan fingerprint density at radius 1 is 1.09 bits per heavy atom. The van der Waals surface area contributed by atoms with E-state index in [0.29, 0.717) is 22.4 Å². The van der Waals surface area contributed by atoms with Gasteiger partial charge in [0.1, 0.15) is 16.6 Å². The lowest BCUT2D eigenvalue weighted by Crippen LogP contribution is -2.04. The Balaban J connectivity index is 1.27. The van der Waals surface area contributed by atoms with Crippen LogP contribution in [0.2, 0.25) is 10.0 Å². The zero-order valence-electron chi connectivity index (χ0n) is 17.7. The molecule has 0 amide bonds. The van der Waals surface area contributed by atoms with E-state index in [1.165, 1.54) is 5.56 Å². The van der Waals surface area contributed by atoms with Crippen molar-refractivity contribution in [2.45, 2.75) is 30.7 Å². The molecule has 0 aliphatic heterocycles. The Morgan fingerprint density at radius 3 is 2.69 bits per heavy atom. The molecule has 0 unspecified atom stereocenters. The molecular weight excluding hydrogens is 483 g/mol. The van der Waals surface area contributed by atoms with Crippen LogP contribution in [0.4, 0.5) is 0 Å². The predicted molar refractivity (Wildman–Crippen MR) is 133 cm³/mol. The number of nitrogens with zero attached hydrogens (tertiary/aromatic N) is 4. The fourth-order valence-electron chi connectivity index (χ4n) is 3.03. The normalized spacial score (nSPS) is 11.1. The first kappa shape index (κ1) is 23.1. The van der Waals surface area contributed by atoms with E-state index in [0.717, 1.165) is 45.8 Å². The number of ether oxygens (including phenoxy) is 1. The summed E-state index contributed by atoms with van der Waals surface area (Å²) in [5.41, 5.74) is 3.45. The first-order valence-electron chi connectivity index (χ1n) is 10.1. The summed E-state index contributed by atoms with van der Waals surface area (Å²) in [6.45, 7) is 2.63. The van der Waals surface area contributed by atoms with Crippen molar-refractivity contribution in [3.8, 4) is 16.3 Å². The minimum atomic E-state index is 0.516. The van der Waals surface area contributed by atoms with E-state index in [9.17, 15) is 0 Å². The van der Waals surface area contributed by atoms with Crippen LogP contribution in [0.1, 0.15) is 23.5 Å². The van der Waals surface area contributed by atoms with Crippen molar-refractivity contribution in [2.75, 3.05) is 6.61 Å². The van der Waals surface area contributed by atoms with Gasteiger partial charge in [-0.05, 0) is 31.5 Å². The molecule has 0 fully saturated rings. The van der Waals surface area contributed by atoms with Gasteiger partial charge in [-0.1, -0.05) is 64.8 Å². The standard InChI is InChI=1S/C23H22Cl2N4OS2/c1-15-5-7-16(8-6-15)22-26-18(13-31-22)14-32-23-28-27-21(29(23)2)4-3-11-30-20-10-9-17(24)12-19(20)25/h5-10,12-13H,3-4,11,14H2,1-2H3. The van der Waals surface area contributed by atoms with Crippen molar-refractivity contribution < 1.29 is 4.74 Å². The van der Waals surface area contributed by atoms with Gasteiger partial charge in [-0.25, -0.2) is 4.98 Å². The lowest BCUT2D eigenvalue weighted by Gasteiger charge is -2.08. The molecule has 2 aromatic carbocycles. The Hall–Kier alpha value is -2.06. The van der Waals surface area contributed by atoms with Gasteiger partial charge in [-0.2, -0.15) is 0 Å². The molecule has 4 rings (SSSR count). The minimum Gasteiger partial charge on any atom is -0.492 e. The maximum Gasteiger partial charge on any atom is 0.191 e. The number of aryl methyl sites for hydroxylation is 2. The van der Waals surface area contributed by atoms with Gasteiger partial charge in [0.2, 0.25) is 0 Å². The SMILES string of the molecule is Cc1ccc(-c2nc(CSc3nnc(CCCOc4ccc(Cl)cc4Cl)n3C)cs2)cc1. The van der Waals surface area contributed by atoms with Crippen LogP contribution in [-0.4, -0.2) is 26.4 Å². The Morgan fingerprint density at radius 2 is 1.91 bits per heavy atom. The quantitative estimate of drug-likeness (QED) is 0.184. The molecule has 0 aliphatic rings. The maximum absolute atomic E-state index is 6.14. The summed E-state index contributed by atoms with van der Waals surface area (Å²) in [4.78, 5) is 4.77. The second kappa shape index (κ2) is 10.7. The van der Waals surface area contributed by atoms with Gasteiger partial charge < -0.3 is 9.30 Å². The molecule has 4 aromatic rings. The van der Waals surface area contributed by atoms with Crippen molar-refractivity contribution in [3.05, 3.63) is 75.0 Å². The first-order chi connectivity index (χ1) is 15.5.